The zero-order chi connectivity index (χ0) is 51.8. The topological polar surface area (TPSA) is 158 Å². The number of carbonyl (C=O) groups excluding carboxylic acids is 3. The minimum atomic E-state index is -5.00. The van der Waals surface area contributed by atoms with Crippen molar-refractivity contribution in [2.75, 3.05) is 49.9 Å². The number of hydrogen-bond acceptors (Lipinski definition) is 13. The van der Waals surface area contributed by atoms with Gasteiger partial charge in [-0.2, -0.15) is 0 Å². The lowest BCUT2D eigenvalue weighted by Gasteiger charge is -2.49. The number of ketones is 1. The van der Waals surface area contributed by atoms with E-state index in [1.807, 2.05) is 9.80 Å². The second kappa shape index (κ2) is 20.6. The Bertz CT molecular complexity index is 2450. The number of hydrogen-bond donors (Lipinski definition) is 2. The average molecular weight is 1020 g/mol. The Morgan fingerprint density at radius 2 is 0.972 bits per heavy atom. The Balaban J connectivity index is 1.13. The summed E-state index contributed by atoms with van der Waals surface area (Å²) in [5, 5.41) is 5.43. The molecule has 4 aliphatic rings. The number of piperidine rings is 2. The van der Waals surface area contributed by atoms with Crippen LogP contribution in [0.25, 0.3) is 0 Å². The number of carbonyl (C=O) groups is 3. The van der Waals surface area contributed by atoms with Gasteiger partial charge in [-0.05, 0) is 114 Å². The predicted molar refractivity (Wildman–Crippen MR) is 239 cm³/mol. The normalized spacial score (nSPS) is 21.5. The van der Waals surface area contributed by atoms with E-state index in [1.54, 1.807) is 0 Å². The summed E-state index contributed by atoms with van der Waals surface area (Å²) in [7, 11) is 0. The first-order chi connectivity index (χ1) is 33.9. The molecule has 2 amide bonds. The number of amides is 2. The molecule has 0 aliphatic carbocycles. The maximum Gasteiger partial charge on any atom is 0.573 e. The van der Waals surface area contributed by atoms with Crippen molar-refractivity contribution in [3.63, 3.8) is 0 Å². The molecule has 4 fully saturated rings. The fourth-order valence-electron chi connectivity index (χ4n) is 9.98. The second-order valence-corrected chi connectivity index (χ2v) is 18.4. The van der Waals surface area contributed by atoms with Crippen LogP contribution in [0.5, 0.6) is 11.5 Å². The standard InChI is InChI=1S/C47H50F10N10O5/c1-27-7-9-33(60-35-23-29(13-17-58-35)71-46(52,53)54)62-37(27)42(69)66-25-44(48,49)15-11-31(66)39(64-19-3-4-20-64)41(68)40(65-21-5-6-22-65)32-12-16-45(50,51)26-67(32)43(70)38-28(2)8-10-34(63-38)61-36-24-30(14-18-59-36)72-47(55,56)57/h7-10,13-14,17-18,23-24,31-32,39-40H,3-6,11-12,15-16,19-22,25-26H2,1-2H3,(H,58,60,62)(H,59,61,63). The first-order valence-corrected chi connectivity index (χ1v) is 23.2. The lowest BCUT2D eigenvalue weighted by molar-refractivity contribution is -0.275. The minimum absolute atomic E-state index is 0.0755. The monoisotopic (exact) mass is 1020 g/mol. The summed E-state index contributed by atoms with van der Waals surface area (Å²) >= 11 is 0. The number of rotatable bonds is 14. The van der Waals surface area contributed by atoms with Crippen molar-refractivity contribution in [1.82, 2.24) is 39.5 Å². The van der Waals surface area contributed by atoms with Gasteiger partial charge < -0.3 is 29.9 Å². The molecule has 8 heterocycles. The van der Waals surface area contributed by atoms with Gasteiger partial charge in [0.1, 0.15) is 46.2 Å². The highest BCUT2D eigenvalue weighted by Crippen LogP contribution is 2.40. The third-order valence-corrected chi connectivity index (χ3v) is 13.2. The summed E-state index contributed by atoms with van der Waals surface area (Å²) in [5.74, 6) is -10.9. The van der Waals surface area contributed by atoms with Gasteiger partial charge in [-0.1, -0.05) is 12.1 Å². The van der Waals surface area contributed by atoms with Crippen molar-refractivity contribution in [3.05, 3.63) is 83.4 Å². The van der Waals surface area contributed by atoms with Crippen molar-refractivity contribution in [1.29, 1.82) is 0 Å². The maximum atomic E-state index is 15.9. The lowest BCUT2D eigenvalue weighted by Crippen LogP contribution is -2.68. The molecule has 0 radical (unpaired) electrons. The van der Waals surface area contributed by atoms with Crippen molar-refractivity contribution >= 4 is 40.9 Å². The molecule has 388 valence electrons. The Morgan fingerprint density at radius 1 is 0.597 bits per heavy atom. The molecule has 2 N–H and O–H groups in total. The Kier molecular flexibility index (Phi) is 14.9. The number of nitrogens with one attached hydrogen (secondary N) is 2. The van der Waals surface area contributed by atoms with Crippen LogP contribution in [0.4, 0.5) is 67.2 Å². The number of aryl methyl sites for hydroxylation is 2. The molecular weight excluding hydrogens is 975 g/mol. The zero-order valence-corrected chi connectivity index (χ0v) is 38.9. The van der Waals surface area contributed by atoms with Crippen molar-refractivity contribution in [3.8, 4) is 11.5 Å². The smallest absolute Gasteiger partial charge is 0.406 e. The number of likely N-dealkylation sites (tertiary alicyclic amines) is 4. The molecule has 0 saturated carbocycles. The van der Waals surface area contributed by atoms with Gasteiger partial charge in [0.25, 0.3) is 23.7 Å². The van der Waals surface area contributed by atoms with Crippen LogP contribution in [-0.2, 0) is 4.79 Å². The van der Waals surface area contributed by atoms with Gasteiger partial charge in [0.05, 0.1) is 37.3 Å². The van der Waals surface area contributed by atoms with E-state index in [2.05, 4.69) is 40.0 Å². The summed E-state index contributed by atoms with van der Waals surface area (Å²) in [6.45, 7) is 2.17. The average Bonchev–Trinajstić information content (AvgIpc) is 4.04. The number of anilines is 4. The first kappa shape index (κ1) is 52.0. The molecule has 4 aromatic rings. The van der Waals surface area contributed by atoms with Gasteiger partial charge in [0.15, 0.2) is 5.78 Å². The van der Waals surface area contributed by atoms with Gasteiger partial charge in [-0.15, -0.1) is 26.3 Å². The molecule has 15 nitrogen and oxygen atoms in total. The van der Waals surface area contributed by atoms with Crippen LogP contribution >= 0.6 is 0 Å². The Morgan fingerprint density at radius 3 is 1.33 bits per heavy atom. The van der Waals surface area contributed by atoms with Crippen LogP contribution in [0.15, 0.2) is 60.9 Å². The van der Waals surface area contributed by atoms with Crippen LogP contribution in [0.2, 0.25) is 0 Å². The molecule has 4 aliphatic heterocycles. The number of Topliss-reactive ketones (excluding diaryl/α,β-unsaturated/α-hetero) is 1. The molecule has 4 aromatic heterocycles. The highest BCUT2D eigenvalue weighted by molar-refractivity contribution is 5.98. The third kappa shape index (κ3) is 12.4. The number of alkyl halides is 10. The number of ether oxygens (including phenoxy) is 2. The van der Waals surface area contributed by atoms with E-state index >= 15 is 22.4 Å². The Labute approximate surface area is 406 Å². The van der Waals surface area contributed by atoms with Crippen LogP contribution in [0.3, 0.4) is 0 Å². The van der Waals surface area contributed by atoms with E-state index in [4.69, 9.17) is 0 Å². The van der Waals surface area contributed by atoms with Crippen LogP contribution in [0, 0.1) is 13.8 Å². The summed E-state index contributed by atoms with van der Waals surface area (Å²) in [4.78, 5) is 67.8. The SMILES string of the molecule is Cc1ccc(Nc2cc(OC(F)(F)F)ccn2)nc1C(=O)N1CC(F)(F)CCC1C(C(=O)C(C1CCC(F)(F)CN1C(=O)c1nc(Nc2cc(OC(F)(F)F)ccn2)ccc1C)N1CCCC1)N1CCCC1. The molecule has 25 heteroatoms. The van der Waals surface area contributed by atoms with Crippen LogP contribution < -0.4 is 20.1 Å². The lowest BCUT2D eigenvalue weighted by atomic mass is 9.82. The zero-order valence-electron chi connectivity index (χ0n) is 38.9. The maximum absolute atomic E-state index is 15.9. The molecule has 8 rings (SSSR count). The second-order valence-electron chi connectivity index (χ2n) is 18.4. The molecule has 4 atom stereocenters. The molecule has 0 spiro atoms. The number of nitrogens with zero attached hydrogens (tertiary/aromatic N) is 8. The predicted octanol–water partition coefficient (Wildman–Crippen LogP) is 8.85. The van der Waals surface area contributed by atoms with Crippen molar-refractivity contribution in [2.24, 2.45) is 0 Å². The van der Waals surface area contributed by atoms with E-state index in [1.165, 1.54) is 38.1 Å². The van der Waals surface area contributed by atoms with Gasteiger partial charge in [-0.25, -0.2) is 37.5 Å². The van der Waals surface area contributed by atoms with Crippen LogP contribution in [-0.4, -0.2) is 145 Å². The molecule has 4 unspecified atom stereocenters. The summed E-state index contributed by atoms with van der Waals surface area (Å²) in [6.07, 6.45) is -7.52. The highest BCUT2D eigenvalue weighted by atomic mass is 19.4. The number of pyridine rings is 4. The largest absolute Gasteiger partial charge is 0.573 e. The van der Waals surface area contributed by atoms with Crippen molar-refractivity contribution in [2.45, 2.75) is 114 Å². The number of aromatic nitrogens is 4. The van der Waals surface area contributed by atoms with E-state index in [-0.39, 0.29) is 58.6 Å². The molecule has 72 heavy (non-hydrogen) atoms. The van der Waals surface area contributed by atoms with Gasteiger partial charge >= 0.3 is 12.7 Å². The molecule has 4 saturated heterocycles. The number of halogens is 10. The quantitative estimate of drug-likeness (QED) is 0.116. The summed E-state index contributed by atoms with van der Waals surface area (Å²) in [5.41, 5.74) is -0.0868. The van der Waals surface area contributed by atoms with Gasteiger partial charge in [0.2, 0.25) is 0 Å². The van der Waals surface area contributed by atoms with Gasteiger partial charge in [-0.3, -0.25) is 24.2 Å². The van der Waals surface area contributed by atoms with Gasteiger partial charge in [0, 0.05) is 37.4 Å². The van der Waals surface area contributed by atoms with E-state index < -0.39 is 104 Å². The Hall–Kier alpha value is -6.37. The van der Waals surface area contributed by atoms with E-state index in [9.17, 15) is 35.9 Å². The minimum Gasteiger partial charge on any atom is -0.406 e. The third-order valence-electron chi connectivity index (χ3n) is 13.2. The molecule has 0 bridgehead atoms. The summed E-state index contributed by atoms with van der Waals surface area (Å²) < 4.78 is 148. The van der Waals surface area contributed by atoms with E-state index in [0.717, 1.165) is 46.5 Å². The first-order valence-electron chi connectivity index (χ1n) is 23.2. The molecular formula is C47H50F10N10O5. The van der Waals surface area contributed by atoms with Crippen LogP contribution in [0.1, 0.15) is 83.5 Å². The van der Waals surface area contributed by atoms with E-state index in [0.29, 0.717) is 51.9 Å². The fraction of sp³-hybridized carbons (Fsp3) is 0.511. The van der Waals surface area contributed by atoms with Crippen molar-refractivity contribution < 1.29 is 67.8 Å². The highest BCUT2D eigenvalue weighted by Gasteiger charge is 2.54. The molecule has 0 aromatic carbocycles. The fourth-order valence-corrected chi connectivity index (χ4v) is 9.98. The summed E-state index contributed by atoms with van der Waals surface area (Å²) in [6, 6.07) is 4.65.